The molecule has 4 rings (SSSR count). The second-order valence-corrected chi connectivity index (χ2v) is 10.7. The van der Waals surface area contributed by atoms with Crippen LogP contribution in [0.1, 0.15) is 40.5 Å². The summed E-state index contributed by atoms with van der Waals surface area (Å²) in [6.07, 6.45) is 1.60. The average molecular weight is 523 g/mol. The van der Waals surface area contributed by atoms with Crippen LogP contribution in [-0.4, -0.2) is 87.4 Å². The summed E-state index contributed by atoms with van der Waals surface area (Å²) in [5.41, 5.74) is -1.54. The summed E-state index contributed by atoms with van der Waals surface area (Å²) >= 11 is 6.32. The van der Waals surface area contributed by atoms with Gasteiger partial charge in [0.15, 0.2) is 5.65 Å². The maximum Gasteiger partial charge on any atom is 0.410 e. The van der Waals surface area contributed by atoms with Crippen LogP contribution in [0.2, 0.25) is 5.15 Å². The molecule has 0 saturated carbocycles. The Labute approximate surface area is 214 Å². The first kappa shape index (κ1) is 26.4. The van der Waals surface area contributed by atoms with Gasteiger partial charge in [0.25, 0.3) is 5.56 Å². The van der Waals surface area contributed by atoms with Crippen molar-refractivity contribution in [3.8, 4) is 5.75 Å². The number of pyridine rings is 1. The van der Waals surface area contributed by atoms with Crippen LogP contribution in [0.3, 0.4) is 0 Å². The van der Waals surface area contributed by atoms with Gasteiger partial charge in [-0.05, 0) is 46.7 Å². The summed E-state index contributed by atoms with van der Waals surface area (Å²) in [7, 11) is 0. The molecule has 0 bridgehead atoms. The number of ether oxygens (including phenoxy) is 2. The normalized spacial score (nSPS) is 21.2. The number of aromatic amines is 1. The van der Waals surface area contributed by atoms with Crippen molar-refractivity contribution in [1.29, 1.82) is 0 Å². The smallest absolute Gasteiger partial charge is 0.410 e. The fourth-order valence-electron chi connectivity index (χ4n) is 4.88. The van der Waals surface area contributed by atoms with Crippen molar-refractivity contribution in [2.75, 3.05) is 39.3 Å². The lowest BCUT2D eigenvalue weighted by Crippen LogP contribution is -2.56. The van der Waals surface area contributed by atoms with Crippen LogP contribution in [0.25, 0.3) is 11.0 Å². The van der Waals surface area contributed by atoms with Gasteiger partial charge in [0.1, 0.15) is 28.5 Å². The second-order valence-electron chi connectivity index (χ2n) is 10.3. The lowest BCUT2D eigenvalue weighted by Gasteiger charge is -2.36. The molecule has 2 saturated heterocycles. The first-order valence-electron chi connectivity index (χ1n) is 12.5. The molecule has 0 aliphatic carbocycles. The zero-order chi connectivity index (χ0) is 26.0. The molecule has 2 aliphatic heterocycles. The highest BCUT2D eigenvalue weighted by Gasteiger charge is 2.31. The number of hydrogen-bond acceptors (Lipinski definition) is 8. The lowest BCUT2D eigenvalue weighted by molar-refractivity contribution is 0.00638. The third kappa shape index (κ3) is 5.84. The summed E-state index contributed by atoms with van der Waals surface area (Å²) < 4.78 is 13.1. The Morgan fingerprint density at radius 1 is 1.25 bits per heavy atom. The molecule has 0 aromatic carbocycles. The molecule has 2 fully saturated rings. The molecule has 2 N–H and O–H groups in total. The molecule has 2 atom stereocenters. The van der Waals surface area contributed by atoms with E-state index in [0.717, 1.165) is 25.9 Å². The number of hydrogen-bond donors (Lipinski definition) is 2. The zero-order valence-corrected chi connectivity index (χ0v) is 22.1. The minimum absolute atomic E-state index is 0.104. The SMILES string of the molecule is CCN1CCC[C@H]1Cn1c(=O)[nH]c(=O)c2c(OCC3CNCCN3C(=O)OC(C)(C)C)cc(Cl)nc21. The van der Waals surface area contributed by atoms with Crippen LogP contribution in [0, 0.1) is 0 Å². The Kier molecular flexibility index (Phi) is 7.91. The molecule has 1 unspecified atom stereocenters. The zero-order valence-electron chi connectivity index (χ0n) is 21.3. The van der Waals surface area contributed by atoms with Gasteiger partial charge in [-0.3, -0.25) is 24.1 Å². The van der Waals surface area contributed by atoms with Crippen molar-refractivity contribution in [3.63, 3.8) is 0 Å². The molecular weight excluding hydrogens is 488 g/mol. The van der Waals surface area contributed by atoms with Gasteiger partial charge >= 0.3 is 11.8 Å². The maximum atomic E-state index is 12.9. The summed E-state index contributed by atoms with van der Waals surface area (Å²) in [5.74, 6) is 0.216. The number of nitrogens with zero attached hydrogens (tertiary/aromatic N) is 4. The predicted octanol–water partition coefficient (Wildman–Crippen LogP) is 1.81. The molecule has 36 heavy (non-hydrogen) atoms. The molecule has 0 spiro atoms. The number of nitrogens with one attached hydrogen (secondary N) is 2. The number of fused-ring (bicyclic) bond motifs is 1. The predicted molar refractivity (Wildman–Crippen MR) is 137 cm³/mol. The monoisotopic (exact) mass is 522 g/mol. The fourth-order valence-corrected chi connectivity index (χ4v) is 5.06. The van der Waals surface area contributed by atoms with E-state index < -0.39 is 22.9 Å². The van der Waals surface area contributed by atoms with E-state index in [-0.39, 0.29) is 40.6 Å². The molecule has 12 heteroatoms. The molecule has 0 radical (unpaired) electrons. The maximum absolute atomic E-state index is 12.9. The van der Waals surface area contributed by atoms with E-state index in [1.54, 1.807) is 4.90 Å². The van der Waals surface area contributed by atoms with Crippen molar-refractivity contribution >= 4 is 28.7 Å². The van der Waals surface area contributed by atoms with E-state index in [1.807, 2.05) is 20.8 Å². The van der Waals surface area contributed by atoms with Gasteiger partial charge in [-0.25, -0.2) is 14.6 Å². The van der Waals surface area contributed by atoms with Crippen LogP contribution in [-0.2, 0) is 11.3 Å². The molecular formula is C24H35ClN6O5. The van der Waals surface area contributed by atoms with E-state index in [1.165, 1.54) is 10.6 Å². The van der Waals surface area contributed by atoms with Crippen LogP contribution >= 0.6 is 11.6 Å². The third-order valence-electron chi connectivity index (χ3n) is 6.59. The number of H-pyrrole nitrogens is 1. The van der Waals surface area contributed by atoms with Crippen LogP contribution in [0.4, 0.5) is 4.79 Å². The Balaban J connectivity index is 1.63. The van der Waals surface area contributed by atoms with Gasteiger partial charge < -0.3 is 14.8 Å². The Morgan fingerprint density at radius 2 is 2.03 bits per heavy atom. The Bertz CT molecular complexity index is 1220. The fraction of sp³-hybridized carbons (Fsp3) is 0.667. The van der Waals surface area contributed by atoms with E-state index in [0.29, 0.717) is 26.2 Å². The van der Waals surface area contributed by atoms with E-state index in [2.05, 4.69) is 27.1 Å². The highest BCUT2D eigenvalue weighted by Crippen LogP contribution is 2.26. The quantitative estimate of drug-likeness (QED) is 0.551. The number of aromatic nitrogens is 3. The van der Waals surface area contributed by atoms with Gasteiger partial charge in [0.2, 0.25) is 0 Å². The Hall–Kier alpha value is -2.63. The molecule has 198 valence electrons. The van der Waals surface area contributed by atoms with E-state index >= 15 is 0 Å². The van der Waals surface area contributed by atoms with E-state index in [4.69, 9.17) is 21.1 Å². The third-order valence-corrected chi connectivity index (χ3v) is 6.78. The van der Waals surface area contributed by atoms with Crippen molar-refractivity contribution in [2.24, 2.45) is 0 Å². The average Bonchev–Trinajstić information content (AvgIpc) is 3.26. The Morgan fingerprint density at radius 3 is 2.75 bits per heavy atom. The van der Waals surface area contributed by atoms with Gasteiger partial charge in [0.05, 0.1) is 6.04 Å². The van der Waals surface area contributed by atoms with Crippen molar-refractivity contribution in [3.05, 3.63) is 32.1 Å². The van der Waals surface area contributed by atoms with Crippen molar-refractivity contribution in [1.82, 2.24) is 29.7 Å². The lowest BCUT2D eigenvalue weighted by atomic mass is 10.2. The topological polar surface area (TPSA) is 122 Å². The van der Waals surface area contributed by atoms with Gasteiger partial charge in [0, 0.05) is 38.3 Å². The number of carbonyl (C=O) groups excluding carboxylic acids is 1. The second kappa shape index (κ2) is 10.8. The summed E-state index contributed by atoms with van der Waals surface area (Å²) in [5, 5.41) is 3.53. The number of piperazine rings is 1. The van der Waals surface area contributed by atoms with Crippen LogP contribution in [0.5, 0.6) is 5.75 Å². The number of halogens is 1. The number of likely N-dealkylation sites (N-methyl/N-ethyl adjacent to an activating group) is 1. The van der Waals surface area contributed by atoms with Gasteiger partial charge in [-0.2, -0.15) is 0 Å². The number of rotatable bonds is 6. The largest absolute Gasteiger partial charge is 0.490 e. The highest BCUT2D eigenvalue weighted by molar-refractivity contribution is 6.30. The highest BCUT2D eigenvalue weighted by atomic mass is 35.5. The minimum Gasteiger partial charge on any atom is -0.490 e. The molecule has 2 aliphatic rings. The number of carbonyl (C=O) groups is 1. The first-order chi connectivity index (χ1) is 17.1. The molecule has 11 nitrogen and oxygen atoms in total. The summed E-state index contributed by atoms with van der Waals surface area (Å²) in [6.45, 7) is 11.5. The summed E-state index contributed by atoms with van der Waals surface area (Å²) in [4.78, 5) is 49.1. The van der Waals surface area contributed by atoms with E-state index in [9.17, 15) is 14.4 Å². The molecule has 1 amide bonds. The van der Waals surface area contributed by atoms with Gasteiger partial charge in [-0.15, -0.1) is 0 Å². The van der Waals surface area contributed by atoms with Crippen LogP contribution < -0.4 is 21.3 Å². The number of amides is 1. The van der Waals surface area contributed by atoms with Crippen molar-refractivity contribution < 1.29 is 14.3 Å². The standard InChI is InChI=1S/C24H35ClN6O5/c1-5-29-9-6-7-15(29)13-31-20-19(21(32)28-22(31)33)17(11-18(25)27-20)35-14-16-12-26-8-10-30(16)23(34)36-24(2,3)4/h11,15-16,26H,5-10,12-14H2,1-4H3,(H,28,32,33)/t15-,16?/m0/s1. The van der Waals surface area contributed by atoms with Gasteiger partial charge in [-0.1, -0.05) is 18.5 Å². The molecule has 2 aromatic heterocycles. The minimum atomic E-state index is -0.619. The molecule has 2 aromatic rings. The summed E-state index contributed by atoms with van der Waals surface area (Å²) in [6, 6.07) is 1.32. The first-order valence-corrected chi connectivity index (χ1v) is 12.9. The number of likely N-dealkylation sites (tertiary alicyclic amines) is 1. The molecule has 4 heterocycles. The van der Waals surface area contributed by atoms with Crippen molar-refractivity contribution in [2.45, 2.75) is 64.8 Å². The van der Waals surface area contributed by atoms with Crippen LogP contribution in [0.15, 0.2) is 15.7 Å².